The van der Waals surface area contributed by atoms with Crippen LogP contribution in [0.3, 0.4) is 0 Å². The Balaban J connectivity index is 1.97. The molecule has 0 heterocycles. The van der Waals surface area contributed by atoms with Gasteiger partial charge in [-0.3, -0.25) is 14.5 Å². The standard InChI is InChI=1S/C30H33N3O5S/c1-6-33(28(36)24(17-18-39-5)32-29(37)38-30(2,3)4)26(23-13-9-10-14-25(23)34)27(35)31-22-16-15-20-11-7-8-12-21(20)19-22/h1,7-16,19,24,26,34H,17-18H2,2-5H3,(H,31,35)(H,32,37). The van der Waals surface area contributed by atoms with Gasteiger partial charge >= 0.3 is 6.09 Å². The summed E-state index contributed by atoms with van der Waals surface area (Å²) >= 11 is 1.49. The van der Waals surface area contributed by atoms with Crippen LogP contribution in [0, 0.1) is 12.5 Å². The van der Waals surface area contributed by atoms with E-state index in [9.17, 15) is 19.5 Å². The van der Waals surface area contributed by atoms with Crippen LogP contribution in [0.2, 0.25) is 0 Å². The van der Waals surface area contributed by atoms with E-state index >= 15 is 0 Å². The van der Waals surface area contributed by atoms with E-state index < -0.39 is 35.6 Å². The quantitative estimate of drug-likeness (QED) is 0.248. The van der Waals surface area contributed by atoms with E-state index in [1.165, 1.54) is 23.9 Å². The summed E-state index contributed by atoms with van der Waals surface area (Å²) in [6, 6.07) is 19.1. The largest absolute Gasteiger partial charge is 0.508 e. The highest BCUT2D eigenvalue weighted by atomic mass is 32.2. The molecule has 0 radical (unpaired) electrons. The number of phenolic OH excluding ortho intramolecular Hbond substituents is 1. The number of thioether (sulfide) groups is 1. The molecule has 2 unspecified atom stereocenters. The average molecular weight is 548 g/mol. The van der Waals surface area contributed by atoms with E-state index in [2.05, 4.69) is 16.7 Å². The zero-order valence-electron chi connectivity index (χ0n) is 22.4. The second kappa shape index (κ2) is 13.1. The van der Waals surface area contributed by atoms with Crippen molar-refractivity contribution in [1.82, 2.24) is 10.2 Å². The summed E-state index contributed by atoms with van der Waals surface area (Å²) in [6.45, 7) is 5.14. The minimum Gasteiger partial charge on any atom is -0.508 e. The van der Waals surface area contributed by atoms with Crippen LogP contribution < -0.4 is 10.6 Å². The SMILES string of the molecule is C#CN(C(=O)C(CCSC)NC(=O)OC(C)(C)C)C(C(=O)Nc1ccc2ccccc2c1)c1ccccc1O. The first-order valence-electron chi connectivity index (χ1n) is 12.4. The molecule has 9 heteroatoms. The molecule has 0 aliphatic rings. The van der Waals surface area contributed by atoms with Crippen molar-refractivity contribution in [3.8, 4) is 18.2 Å². The number of alkyl carbamates (subject to hydrolysis) is 1. The first kappa shape index (κ1) is 29.4. The van der Waals surface area contributed by atoms with Crippen molar-refractivity contribution in [3.05, 3.63) is 72.3 Å². The van der Waals surface area contributed by atoms with Gasteiger partial charge in [-0.15, -0.1) is 0 Å². The highest BCUT2D eigenvalue weighted by Crippen LogP contribution is 2.31. The Morgan fingerprint density at radius 3 is 2.36 bits per heavy atom. The molecule has 0 saturated heterocycles. The van der Waals surface area contributed by atoms with Gasteiger partial charge in [-0.05, 0) is 68.2 Å². The lowest BCUT2D eigenvalue weighted by molar-refractivity contribution is -0.136. The number of carbonyl (C=O) groups excluding carboxylic acids is 3. The summed E-state index contributed by atoms with van der Waals surface area (Å²) in [6.07, 6.45) is 7.15. The molecule has 3 amide bonds. The summed E-state index contributed by atoms with van der Waals surface area (Å²) in [5.74, 6) is -0.974. The Morgan fingerprint density at radius 2 is 1.72 bits per heavy atom. The zero-order chi connectivity index (χ0) is 28.6. The van der Waals surface area contributed by atoms with E-state index in [1.54, 1.807) is 39.0 Å². The van der Waals surface area contributed by atoms with Crippen molar-refractivity contribution < 1.29 is 24.2 Å². The Kier molecular flexibility index (Phi) is 9.85. The number of hydrogen-bond acceptors (Lipinski definition) is 6. The second-order valence-corrected chi connectivity index (χ2v) is 10.8. The number of para-hydroxylation sites is 1. The van der Waals surface area contributed by atoms with Gasteiger partial charge in [0.05, 0.1) is 0 Å². The third-order valence-electron chi connectivity index (χ3n) is 5.73. The number of fused-ring (bicyclic) bond motifs is 1. The molecule has 3 rings (SSSR count). The fourth-order valence-corrected chi connectivity index (χ4v) is 4.44. The summed E-state index contributed by atoms with van der Waals surface area (Å²) < 4.78 is 5.34. The Labute approximate surface area is 233 Å². The Morgan fingerprint density at radius 1 is 1.05 bits per heavy atom. The highest BCUT2D eigenvalue weighted by Gasteiger charge is 2.37. The second-order valence-electron chi connectivity index (χ2n) is 9.83. The normalized spacial score (nSPS) is 12.6. The van der Waals surface area contributed by atoms with Crippen molar-refractivity contribution in [1.29, 1.82) is 0 Å². The molecule has 204 valence electrons. The molecule has 0 saturated carbocycles. The molecule has 0 aliphatic carbocycles. The molecule has 0 spiro atoms. The minimum absolute atomic E-state index is 0.142. The lowest BCUT2D eigenvalue weighted by Gasteiger charge is -2.30. The van der Waals surface area contributed by atoms with Gasteiger partial charge in [0.2, 0.25) is 0 Å². The summed E-state index contributed by atoms with van der Waals surface area (Å²) in [4.78, 5) is 41.0. The molecular formula is C30H33N3O5S. The molecule has 3 aromatic carbocycles. The molecular weight excluding hydrogens is 514 g/mol. The number of rotatable bonds is 9. The van der Waals surface area contributed by atoms with Gasteiger partial charge in [0.1, 0.15) is 17.4 Å². The number of anilines is 1. The van der Waals surface area contributed by atoms with Crippen LogP contribution in [0.1, 0.15) is 38.8 Å². The van der Waals surface area contributed by atoms with Gasteiger partial charge in [0.15, 0.2) is 6.04 Å². The summed E-state index contributed by atoms with van der Waals surface area (Å²) in [5.41, 5.74) is -0.140. The van der Waals surface area contributed by atoms with E-state index in [0.29, 0.717) is 11.4 Å². The number of nitrogens with zero attached hydrogens (tertiary/aromatic N) is 1. The summed E-state index contributed by atoms with van der Waals surface area (Å²) in [5, 5.41) is 18.0. The first-order chi connectivity index (χ1) is 18.5. The van der Waals surface area contributed by atoms with Gasteiger partial charge in [-0.1, -0.05) is 55.0 Å². The van der Waals surface area contributed by atoms with Crippen LogP contribution in [0.15, 0.2) is 66.7 Å². The molecule has 0 fully saturated rings. The van der Waals surface area contributed by atoms with E-state index in [0.717, 1.165) is 15.7 Å². The van der Waals surface area contributed by atoms with Gasteiger partial charge in [-0.2, -0.15) is 11.8 Å². The fraction of sp³-hybridized carbons (Fsp3) is 0.300. The van der Waals surface area contributed by atoms with Gasteiger partial charge < -0.3 is 20.5 Å². The van der Waals surface area contributed by atoms with Crippen molar-refractivity contribution in [2.24, 2.45) is 0 Å². The first-order valence-corrected chi connectivity index (χ1v) is 13.8. The predicted molar refractivity (Wildman–Crippen MR) is 155 cm³/mol. The highest BCUT2D eigenvalue weighted by molar-refractivity contribution is 7.98. The molecule has 2 atom stereocenters. The number of aromatic hydroxyl groups is 1. The maximum atomic E-state index is 13.8. The number of benzene rings is 3. The van der Waals surface area contributed by atoms with Crippen molar-refractivity contribution >= 4 is 46.1 Å². The fourth-order valence-electron chi connectivity index (χ4n) is 3.97. The number of hydrogen-bond donors (Lipinski definition) is 3. The average Bonchev–Trinajstić information content (AvgIpc) is 2.88. The number of nitrogens with one attached hydrogen (secondary N) is 2. The van der Waals surface area contributed by atoms with Crippen LogP contribution in [-0.4, -0.2) is 51.6 Å². The van der Waals surface area contributed by atoms with Crippen LogP contribution in [0.5, 0.6) is 5.75 Å². The van der Waals surface area contributed by atoms with Crippen LogP contribution in [0.25, 0.3) is 10.8 Å². The van der Waals surface area contributed by atoms with Crippen LogP contribution >= 0.6 is 11.8 Å². The molecule has 8 nitrogen and oxygen atoms in total. The molecule has 3 aromatic rings. The van der Waals surface area contributed by atoms with Crippen molar-refractivity contribution in [2.75, 3.05) is 17.3 Å². The molecule has 0 aliphatic heterocycles. The van der Waals surface area contributed by atoms with Gasteiger partial charge in [-0.25, -0.2) is 4.79 Å². The number of carbonyl (C=O) groups is 3. The summed E-state index contributed by atoms with van der Waals surface area (Å²) in [7, 11) is 0. The Hall–Kier alpha value is -4.16. The number of amides is 3. The monoisotopic (exact) mass is 547 g/mol. The predicted octanol–water partition coefficient (Wildman–Crippen LogP) is 5.29. The third kappa shape index (κ3) is 7.91. The number of terminal acetylenes is 1. The van der Waals surface area contributed by atoms with Gasteiger partial charge in [0.25, 0.3) is 11.8 Å². The smallest absolute Gasteiger partial charge is 0.408 e. The lowest BCUT2D eigenvalue weighted by atomic mass is 10.0. The van der Waals surface area contributed by atoms with Crippen molar-refractivity contribution in [3.63, 3.8) is 0 Å². The number of ether oxygens (including phenoxy) is 1. The lowest BCUT2D eigenvalue weighted by Crippen LogP contribution is -2.51. The molecule has 0 bridgehead atoms. The topological polar surface area (TPSA) is 108 Å². The zero-order valence-corrected chi connectivity index (χ0v) is 23.2. The van der Waals surface area contributed by atoms with Crippen LogP contribution in [-0.2, 0) is 14.3 Å². The maximum Gasteiger partial charge on any atom is 0.408 e. The van der Waals surface area contributed by atoms with Crippen LogP contribution in [0.4, 0.5) is 10.5 Å². The van der Waals surface area contributed by atoms with E-state index in [-0.39, 0.29) is 17.7 Å². The van der Waals surface area contributed by atoms with Crippen molar-refractivity contribution in [2.45, 2.75) is 44.9 Å². The Bertz CT molecular complexity index is 1380. The minimum atomic E-state index is -1.38. The van der Waals surface area contributed by atoms with E-state index in [1.807, 2.05) is 42.7 Å². The molecule has 0 aromatic heterocycles. The third-order valence-corrected chi connectivity index (χ3v) is 6.38. The number of phenols is 1. The molecule has 39 heavy (non-hydrogen) atoms. The van der Waals surface area contributed by atoms with Gasteiger partial charge in [0, 0.05) is 17.3 Å². The maximum absolute atomic E-state index is 13.8. The molecule has 3 N–H and O–H groups in total. The van der Waals surface area contributed by atoms with E-state index in [4.69, 9.17) is 11.2 Å².